The molecule has 1 aliphatic carbocycles. The average Bonchev–Trinajstić information content (AvgIpc) is 3.19. The van der Waals surface area contributed by atoms with Crippen LogP contribution in [0.25, 0.3) is 0 Å². The van der Waals surface area contributed by atoms with E-state index in [9.17, 15) is 45.0 Å². The highest BCUT2D eigenvalue weighted by Crippen LogP contribution is 2.36. The number of carbonyl (C=O) groups excluding carboxylic acids is 2. The number of ketones is 1. The summed E-state index contributed by atoms with van der Waals surface area (Å²) in [4.78, 5) is 35.4. The fraction of sp³-hybridized carbons (Fsp3) is 0.560. The van der Waals surface area contributed by atoms with Crippen LogP contribution in [0.3, 0.4) is 0 Å². The summed E-state index contributed by atoms with van der Waals surface area (Å²) >= 11 is 0. The molecule has 1 saturated heterocycles. The minimum absolute atomic E-state index is 0.00716. The van der Waals surface area contributed by atoms with Crippen molar-refractivity contribution in [2.75, 3.05) is 6.61 Å². The lowest BCUT2D eigenvalue weighted by Gasteiger charge is -2.40. The summed E-state index contributed by atoms with van der Waals surface area (Å²) in [5, 5.41) is 68.3. The number of carboxylic acid groups (broad SMARTS) is 1. The highest BCUT2D eigenvalue weighted by atomic mass is 16.7. The van der Waals surface area contributed by atoms with E-state index >= 15 is 0 Å². The molecule has 13 heteroatoms. The Hall–Kier alpha value is -3.23. The van der Waals surface area contributed by atoms with Gasteiger partial charge >= 0.3 is 11.9 Å². The third kappa shape index (κ3) is 6.99. The van der Waals surface area contributed by atoms with Crippen LogP contribution in [0, 0.1) is 11.8 Å². The van der Waals surface area contributed by atoms with E-state index in [0.29, 0.717) is 19.3 Å². The van der Waals surface area contributed by atoms with Gasteiger partial charge in [-0.2, -0.15) is 0 Å². The van der Waals surface area contributed by atoms with Gasteiger partial charge in [-0.1, -0.05) is 12.2 Å². The van der Waals surface area contributed by atoms with Crippen molar-refractivity contribution in [1.82, 2.24) is 0 Å². The Morgan fingerprint density at radius 1 is 1.11 bits per heavy atom. The van der Waals surface area contributed by atoms with E-state index in [1.54, 1.807) is 19.1 Å². The van der Waals surface area contributed by atoms with Crippen LogP contribution in [0.15, 0.2) is 24.3 Å². The van der Waals surface area contributed by atoms with E-state index in [0.717, 1.165) is 12.1 Å². The van der Waals surface area contributed by atoms with E-state index in [4.69, 9.17) is 19.3 Å². The normalized spacial score (nSPS) is 30.4. The first kappa shape index (κ1) is 29.3. The molecule has 1 aliphatic heterocycles. The number of carboxylic acids is 1. The second-order valence-corrected chi connectivity index (χ2v) is 9.45. The van der Waals surface area contributed by atoms with Gasteiger partial charge in [0.05, 0.1) is 11.7 Å². The zero-order valence-corrected chi connectivity index (χ0v) is 20.5. The minimum Gasteiger partial charge on any atom is -0.504 e. The van der Waals surface area contributed by atoms with Crippen LogP contribution in [0.5, 0.6) is 17.2 Å². The smallest absolute Gasteiger partial charge is 0.338 e. The summed E-state index contributed by atoms with van der Waals surface area (Å²) in [7, 11) is 0. The molecule has 8 atom stereocenters. The number of aliphatic hydroxyl groups excluding tert-OH is 3. The van der Waals surface area contributed by atoms with Gasteiger partial charge < -0.3 is 50.0 Å². The fourth-order valence-electron chi connectivity index (χ4n) is 4.57. The van der Waals surface area contributed by atoms with Gasteiger partial charge in [0.2, 0.25) is 0 Å². The van der Waals surface area contributed by atoms with Crippen LogP contribution >= 0.6 is 0 Å². The zero-order valence-electron chi connectivity index (χ0n) is 20.5. The Balaban J connectivity index is 1.56. The molecular weight excluding hydrogens is 508 g/mol. The molecule has 1 saturated carbocycles. The molecule has 0 amide bonds. The van der Waals surface area contributed by atoms with Crippen molar-refractivity contribution in [2.24, 2.45) is 11.8 Å². The Bertz CT molecular complexity index is 1030. The maximum Gasteiger partial charge on any atom is 0.338 e. The maximum atomic E-state index is 12.3. The standard InChI is InChI=1S/C25H32O13/c1-11(3-2-4-14-12(9-19(29)30)5-6-15(14)26)37-25-23(34)22(33)21(32)18(38-25)10-36-24(35)13-7-16(27)20(31)17(28)8-13/h2-3,7-8,11-12,14,18,21-23,25,27-28,31-34H,4-6,9-10H2,1H3,(H,29,30)/b3-2-/t11-,12-,14-,18+,21+,22-,23+,25+/m0/s1. The number of benzene rings is 1. The Morgan fingerprint density at radius 2 is 1.76 bits per heavy atom. The van der Waals surface area contributed by atoms with Crippen LogP contribution in [-0.4, -0.2) is 96.9 Å². The van der Waals surface area contributed by atoms with Crippen molar-refractivity contribution < 1.29 is 64.3 Å². The molecule has 0 aromatic heterocycles. The van der Waals surface area contributed by atoms with Crippen LogP contribution < -0.4 is 0 Å². The molecule has 0 radical (unpaired) electrons. The van der Waals surface area contributed by atoms with Gasteiger partial charge in [0.1, 0.15) is 36.8 Å². The number of aliphatic hydroxyl groups is 3. The lowest BCUT2D eigenvalue weighted by molar-refractivity contribution is -0.306. The van der Waals surface area contributed by atoms with E-state index in [-0.39, 0.29) is 23.7 Å². The lowest BCUT2D eigenvalue weighted by atomic mass is 9.89. The second-order valence-electron chi connectivity index (χ2n) is 9.45. The Labute approximate surface area is 217 Å². The molecule has 2 fully saturated rings. The number of ether oxygens (including phenoxy) is 3. The van der Waals surface area contributed by atoms with Gasteiger partial charge in [-0.15, -0.1) is 0 Å². The van der Waals surface area contributed by atoms with Gasteiger partial charge in [-0.3, -0.25) is 9.59 Å². The number of phenolic OH excluding ortho intramolecular Hbond substituents is 3. The number of rotatable bonds is 10. The minimum atomic E-state index is -1.71. The number of hydrogen-bond donors (Lipinski definition) is 7. The largest absolute Gasteiger partial charge is 0.504 e. The summed E-state index contributed by atoms with van der Waals surface area (Å²) in [6.07, 6.45) is -4.05. The zero-order chi connectivity index (χ0) is 28.1. The van der Waals surface area contributed by atoms with Crippen molar-refractivity contribution in [1.29, 1.82) is 0 Å². The molecule has 0 bridgehead atoms. The maximum absolute atomic E-state index is 12.3. The summed E-state index contributed by atoms with van der Waals surface area (Å²) < 4.78 is 16.2. The van der Waals surface area contributed by atoms with E-state index in [2.05, 4.69) is 0 Å². The molecule has 38 heavy (non-hydrogen) atoms. The van der Waals surface area contributed by atoms with Gasteiger partial charge in [0.25, 0.3) is 0 Å². The van der Waals surface area contributed by atoms with Crippen molar-refractivity contribution in [3.63, 3.8) is 0 Å². The average molecular weight is 541 g/mol. The quantitative estimate of drug-likeness (QED) is 0.120. The highest BCUT2D eigenvalue weighted by Gasteiger charge is 2.45. The van der Waals surface area contributed by atoms with Gasteiger partial charge in [0.15, 0.2) is 23.5 Å². The molecule has 3 rings (SSSR count). The molecule has 7 N–H and O–H groups in total. The Morgan fingerprint density at radius 3 is 2.39 bits per heavy atom. The summed E-state index contributed by atoms with van der Waals surface area (Å²) in [6.45, 7) is 1.01. The molecule has 13 nitrogen and oxygen atoms in total. The van der Waals surface area contributed by atoms with Gasteiger partial charge in [-0.25, -0.2) is 4.79 Å². The van der Waals surface area contributed by atoms with Crippen LogP contribution in [0.1, 0.15) is 43.0 Å². The van der Waals surface area contributed by atoms with Crippen molar-refractivity contribution in [2.45, 2.75) is 69.4 Å². The van der Waals surface area contributed by atoms with Crippen LogP contribution in [-0.2, 0) is 23.8 Å². The topological polar surface area (TPSA) is 221 Å². The van der Waals surface area contributed by atoms with Gasteiger partial charge in [-0.05, 0) is 37.8 Å². The molecule has 1 aromatic carbocycles. The number of phenols is 3. The van der Waals surface area contributed by atoms with Crippen molar-refractivity contribution >= 4 is 17.7 Å². The first-order chi connectivity index (χ1) is 17.9. The third-order valence-electron chi connectivity index (χ3n) is 6.68. The second kappa shape index (κ2) is 12.5. The van der Waals surface area contributed by atoms with Crippen molar-refractivity contribution in [3.8, 4) is 17.2 Å². The number of Topliss-reactive ketones (excluding diaryl/α,β-unsaturated/α-hetero) is 1. The monoisotopic (exact) mass is 540 g/mol. The molecule has 2 aliphatic rings. The van der Waals surface area contributed by atoms with Crippen LogP contribution in [0.2, 0.25) is 0 Å². The first-order valence-electron chi connectivity index (χ1n) is 12.1. The lowest BCUT2D eigenvalue weighted by Crippen LogP contribution is -2.59. The molecule has 0 spiro atoms. The molecule has 1 aromatic rings. The number of esters is 1. The van der Waals surface area contributed by atoms with E-state index in [1.807, 2.05) is 0 Å². The fourth-order valence-corrected chi connectivity index (χ4v) is 4.57. The number of carbonyl (C=O) groups is 3. The molecule has 210 valence electrons. The van der Waals surface area contributed by atoms with Crippen LogP contribution in [0.4, 0.5) is 0 Å². The number of aliphatic carboxylic acids is 1. The molecule has 0 unspecified atom stereocenters. The molecule has 1 heterocycles. The number of allylic oxidation sites excluding steroid dienone is 1. The van der Waals surface area contributed by atoms with E-state index < -0.39 is 78.5 Å². The number of hydrogen-bond acceptors (Lipinski definition) is 12. The third-order valence-corrected chi connectivity index (χ3v) is 6.68. The summed E-state index contributed by atoms with van der Waals surface area (Å²) in [5.41, 5.74) is -0.304. The summed E-state index contributed by atoms with van der Waals surface area (Å²) in [6, 6.07) is 1.72. The van der Waals surface area contributed by atoms with Gasteiger partial charge in [0, 0.05) is 18.8 Å². The molecular formula is C25H32O13. The van der Waals surface area contributed by atoms with E-state index in [1.165, 1.54) is 0 Å². The highest BCUT2D eigenvalue weighted by molar-refractivity contribution is 5.91. The number of aromatic hydroxyl groups is 3. The SMILES string of the molecule is C[C@@H](/C=C\C[C@@H]1C(=O)CC[C@H]1CC(=O)O)O[C@@H]1O[C@H](COC(=O)c2cc(O)c(O)c(O)c2)[C@@H](O)[C@H](O)[C@H]1O. The van der Waals surface area contributed by atoms with Crippen molar-refractivity contribution in [3.05, 3.63) is 29.8 Å². The predicted octanol–water partition coefficient (Wildman–Crippen LogP) is 0.189. The Kier molecular flexibility index (Phi) is 9.68. The predicted molar refractivity (Wildman–Crippen MR) is 126 cm³/mol. The first-order valence-corrected chi connectivity index (χ1v) is 12.1. The summed E-state index contributed by atoms with van der Waals surface area (Å²) in [5.74, 6) is -4.96.